The van der Waals surface area contributed by atoms with Gasteiger partial charge in [0.05, 0.1) is 23.6 Å². The summed E-state index contributed by atoms with van der Waals surface area (Å²) in [6.07, 6.45) is 0.106. The van der Waals surface area contributed by atoms with Crippen LogP contribution in [0.4, 0.5) is 0 Å². The Hall–Kier alpha value is -2.04. The van der Waals surface area contributed by atoms with Crippen LogP contribution in [-0.2, 0) is 16.1 Å². The zero-order valence-electron chi connectivity index (χ0n) is 13.9. The van der Waals surface area contributed by atoms with Crippen LogP contribution in [0.3, 0.4) is 0 Å². The van der Waals surface area contributed by atoms with Gasteiger partial charge in [-0.2, -0.15) is 0 Å². The van der Waals surface area contributed by atoms with E-state index >= 15 is 0 Å². The Balaban J connectivity index is 2.22. The number of amides is 1. The van der Waals surface area contributed by atoms with Crippen molar-refractivity contribution in [2.75, 3.05) is 13.2 Å². The Morgan fingerprint density at radius 1 is 1.00 bits per heavy atom. The zero-order chi connectivity index (χ0) is 18.2. The first-order valence-corrected chi connectivity index (χ1v) is 8.71. The molecule has 0 N–H and O–H groups in total. The molecule has 0 saturated carbocycles. The number of hydrogen-bond acceptors (Lipinski definition) is 3. The number of ether oxygens (including phenoxy) is 1. The summed E-state index contributed by atoms with van der Waals surface area (Å²) >= 11 is 12.4. The lowest BCUT2D eigenvalue weighted by Gasteiger charge is -2.23. The molecule has 1 amide bonds. The van der Waals surface area contributed by atoms with Crippen LogP contribution in [0.5, 0.6) is 0 Å². The largest absolute Gasteiger partial charge is 0.466 e. The van der Waals surface area contributed by atoms with E-state index in [4.69, 9.17) is 27.9 Å². The highest BCUT2D eigenvalue weighted by Gasteiger charge is 2.20. The first kappa shape index (κ1) is 19.3. The summed E-state index contributed by atoms with van der Waals surface area (Å²) in [7, 11) is 0. The maximum atomic E-state index is 12.9. The molecule has 2 rings (SSSR count). The van der Waals surface area contributed by atoms with E-state index < -0.39 is 0 Å². The molecule has 0 aliphatic heterocycles. The average Bonchev–Trinajstić information content (AvgIpc) is 2.60. The molecule has 2 aromatic carbocycles. The molecule has 0 radical (unpaired) electrons. The Morgan fingerprint density at radius 2 is 1.64 bits per heavy atom. The van der Waals surface area contributed by atoms with Gasteiger partial charge in [0.1, 0.15) is 0 Å². The van der Waals surface area contributed by atoms with Crippen molar-refractivity contribution in [3.05, 3.63) is 69.7 Å². The minimum Gasteiger partial charge on any atom is -0.466 e. The molecule has 0 aliphatic carbocycles. The third kappa shape index (κ3) is 5.48. The van der Waals surface area contributed by atoms with Crippen molar-refractivity contribution < 1.29 is 14.3 Å². The maximum absolute atomic E-state index is 12.9. The van der Waals surface area contributed by atoms with E-state index in [1.165, 1.54) is 0 Å². The predicted molar refractivity (Wildman–Crippen MR) is 98.9 cm³/mol. The maximum Gasteiger partial charge on any atom is 0.307 e. The summed E-state index contributed by atoms with van der Waals surface area (Å²) in [4.78, 5) is 26.1. The first-order valence-electron chi connectivity index (χ1n) is 7.95. The van der Waals surface area contributed by atoms with Gasteiger partial charge in [-0.25, -0.2) is 0 Å². The van der Waals surface area contributed by atoms with Crippen LogP contribution in [0, 0.1) is 0 Å². The van der Waals surface area contributed by atoms with Crippen LogP contribution in [0.1, 0.15) is 29.3 Å². The number of halogens is 2. The second-order valence-electron chi connectivity index (χ2n) is 5.35. The van der Waals surface area contributed by atoms with Crippen molar-refractivity contribution in [1.29, 1.82) is 0 Å². The van der Waals surface area contributed by atoms with Gasteiger partial charge >= 0.3 is 5.97 Å². The number of carbonyl (C=O) groups is 2. The lowest BCUT2D eigenvalue weighted by Crippen LogP contribution is -2.33. The van der Waals surface area contributed by atoms with Crippen molar-refractivity contribution in [2.24, 2.45) is 0 Å². The van der Waals surface area contributed by atoms with Crippen LogP contribution < -0.4 is 0 Å². The molecule has 4 nitrogen and oxygen atoms in total. The number of hydrogen-bond donors (Lipinski definition) is 0. The predicted octanol–water partition coefficient (Wildman–Crippen LogP) is 4.59. The molecule has 0 spiro atoms. The van der Waals surface area contributed by atoms with E-state index in [1.54, 1.807) is 42.2 Å². The smallest absolute Gasteiger partial charge is 0.307 e. The van der Waals surface area contributed by atoms with Crippen LogP contribution in [0.25, 0.3) is 0 Å². The van der Waals surface area contributed by atoms with Gasteiger partial charge in [-0.05, 0) is 30.7 Å². The van der Waals surface area contributed by atoms with Crippen LogP contribution in [-0.4, -0.2) is 29.9 Å². The number of benzene rings is 2. The molecule has 0 bridgehead atoms. The minimum absolute atomic E-state index is 0.106. The van der Waals surface area contributed by atoms with E-state index in [0.29, 0.717) is 22.2 Å². The lowest BCUT2D eigenvalue weighted by atomic mass is 10.1. The molecule has 0 atom stereocenters. The molecular formula is C19H19Cl2NO3. The van der Waals surface area contributed by atoms with E-state index in [-0.39, 0.29) is 31.4 Å². The third-order valence-electron chi connectivity index (χ3n) is 3.60. The SMILES string of the molecule is CCOC(=O)CCN(Cc1ccccc1Cl)C(=O)c1ccccc1Cl. The van der Waals surface area contributed by atoms with Crippen molar-refractivity contribution in [2.45, 2.75) is 19.9 Å². The van der Waals surface area contributed by atoms with Gasteiger partial charge in [-0.15, -0.1) is 0 Å². The molecule has 0 heterocycles. The van der Waals surface area contributed by atoms with Crippen molar-refractivity contribution >= 4 is 35.1 Å². The van der Waals surface area contributed by atoms with Gasteiger partial charge in [-0.1, -0.05) is 53.5 Å². The molecule has 0 aromatic heterocycles. The van der Waals surface area contributed by atoms with Gasteiger partial charge < -0.3 is 9.64 Å². The highest BCUT2D eigenvalue weighted by molar-refractivity contribution is 6.33. The van der Waals surface area contributed by atoms with Crippen molar-refractivity contribution in [1.82, 2.24) is 4.90 Å². The zero-order valence-corrected chi connectivity index (χ0v) is 15.4. The molecule has 25 heavy (non-hydrogen) atoms. The second-order valence-corrected chi connectivity index (χ2v) is 6.17. The summed E-state index contributed by atoms with van der Waals surface area (Å²) in [5.41, 5.74) is 1.19. The van der Waals surface area contributed by atoms with E-state index in [0.717, 1.165) is 5.56 Å². The van der Waals surface area contributed by atoms with E-state index in [2.05, 4.69) is 0 Å². The second kappa shape index (κ2) is 9.44. The molecule has 0 aliphatic rings. The van der Waals surface area contributed by atoms with Gasteiger partial charge in [0, 0.05) is 18.1 Å². The number of esters is 1. The van der Waals surface area contributed by atoms with Gasteiger partial charge in [0.15, 0.2) is 0 Å². The minimum atomic E-state index is -0.349. The molecule has 0 saturated heterocycles. The van der Waals surface area contributed by atoms with Crippen LogP contribution >= 0.6 is 23.2 Å². The van der Waals surface area contributed by atoms with E-state index in [1.807, 2.05) is 18.2 Å². The fraction of sp³-hybridized carbons (Fsp3) is 0.263. The monoisotopic (exact) mass is 379 g/mol. The normalized spacial score (nSPS) is 10.4. The number of carbonyl (C=O) groups excluding carboxylic acids is 2. The van der Waals surface area contributed by atoms with Crippen molar-refractivity contribution in [3.63, 3.8) is 0 Å². The molecule has 0 fully saturated rings. The summed E-state index contributed by atoms with van der Waals surface area (Å²) < 4.78 is 4.95. The Bertz CT molecular complexity index is 749. The third-order valence-corrected chi connectivity index (χ3v) is 4.30. The topological polar surface area (TPSA) is 46.6 Å². The summed E-state index contributed by atoms with van der Waals surface area (Å²) in [5.74, 6) is -0.603. The quantitative estimate of drug-likeness (QED) is 0.660. The van der Waals surface area contributed by atoms with E-state index in [9.17, 15) is 9.59 Å². The molecular weight excluding hydrogens is 361 g/mol. The Labute approximate surface area is 157 Å². The lowest BCUT2D eigenvalue weighted by molar-refractivity contribution is -0.143. The highest BCUT2D eigenvalue weighted by atomic mass is 35.5. The number of nitrogens with zero attached hydrogens (tertiary/aromatic N) is 1. The van der Waals surface area contributed by atoms with Crippen molar-refractivity contribution in [3.8, 4) is 0 Å². The fourth-order valence-corrected chi connectivity index (χ4v) is 2.76. The molecule has 0 unspecified atom stereocenters. The Kier molecular flexibility index (Phi) is 7.29. The van der Waals surface area contributed by atoms with Gasteiger partial charge in [0.25, 0.3) is 5.91 Å². The van der Waals surface area contributed by atoms with Gasteiger partial charge in [0.2, 0.25) is 0 Å². The molecule has 6 heteroatoms. The highest BCUT2D eigenvalue weighted by Crippen LogP contribution is 2.21. The molecule has 2 aromatic rings. The van der Waals surface area contributed by atoms with Crippen LogP contribution in [0.2, 0.25) is 10.0 Å². The fourth-order valence-electron chi connectivity index (χ4n) is 2.35. The van der Waals surface area contributed by atoms with Crippen LogP contribution in [0.15, 0.2) is 48.5 Å². The number of rotatable bonds is 7. The van der Waals surface area contributed by atoms with Gasteiger partial charge in [-0.3, -0.25) is 9.59 Å². The first-order chi connectivity index (χ1) is 12.0. The average molecular weight is 380 g/mol. The Morgan fingerprint density at radius 3 is 2.28 bits per heavy atom. The standard InChI is InChI=1S/C19H19Cl2NO3/c1-2-25-18(23)11-12-22(13-14-7-3-5-9-16(14)20)19(24)15-8-4-6-10-17(15)21/h3-10H,2,11-13H2,1H3. The summed E-state index contributed by atoms with van der Waals surface area (Å²) in [6, 6.07) is 14.1. The summed E-state index contributed by atoms with van der Waals surface area (Å²) in [5, 5.41) is 0.934. The molecule has 132 valence electrons. The summed E-state index contributed by atoms with van der Waals surface area (Å²) in [6.45, 7) is 2.55.